The minimum atomic E-state index is -3.79. The summed E-state index contributed by atoms with van der Waals surface area (Å²) in [4.78, 5) is 22.2. The summed E-state index contributed by atoms with van der Waals surface area (Å²) < 4.78 is 24.7. The van der Waals surface area contributed by atoms with Crippen LogP contribution in [-0.2, 0) is 20.4 Å². The molecule has 1 amide bonds. The fourth-order valence-electron chi connectivity index (χ4n) is 4.73. The summed E-state index contributed by atoms with van der Waals surface area (Å²) in [7, 11) is -3.79. The van der Waals surface area contributed by atoms with Crippen LogP contribution < -0.4 is 16.3 Å². The number of hydrogen-bond acceptors (Lipinski definition) is 8. The van der Waals surface area contributed by atoms with Crippen molar-refractivity contribution in [2.75, 3.05) is 5.32 Å². The number of aliphatic hydroxyl groups excluding tert-OH is 1. The second kappa shape index (κ2) is 7.24. The van der Waals surface area contributed by atoms with E-state index < -0.39 is 21.8 Å². The predicted octanol–water partition coefficient (Wildman–Crippen LogP) is 1.19. The van der Waals surface area contributed by atoms with Gasteiger partial charge in [-0.1, -0.05) is 19.3 Å². The van der Waals surface area contributed by atoms with Gasteiger partial charge in [0.25, 0.3) is 5.91 Å². The van der Waals surface area contributed by atoms with Crippen molar-refractivity contribution in [3.05, 3.63) is 42.2 Å². The van der Waals surface area contributed by atoms with Gasteiger partial charge in [0.2, 0.25) is 16.0 Å². The molecule has 3 heterocycles. The summed E-state index contributed by atoms with van der Waals surface area (Å²) in [5.41, 5.74) is 0.722. The highest BCUT2D eigenvalue weighted by Crippen LogP contribution is 2.45. The third kappa shape index (κ3) is 3.14. The lowest BCUT2D eigenvalue weighted by atomic mass is 9.79. The van der Waals surface area contributed by atoms with Crippen LogP contribution in [0, 0.1) is 0 Å². The standard InChI is InChI=1S/C20H23N7O4S/c21-27-17(28)15-10-12-11-23-19(24-13-4-6-14(7-5-13)32(22,30)31)25-16(12)26(15)20(18(27)29)8-2-1-3-9-20/h4-7,10-11,17,28H,1-3,8-9,21H2,(H2,22,30,31)(H,23,24,25). The molecule has 2 aliphatic rings. The van der Waals surface area contributed by atoms with E-state index in [1.807, 2.05) is 4.57 Å². The van der Waals surface area contributed by atoms with Crippen LogP contribution in [0.3, 0.4) is 0 Å². The Hall–Kier alpha value is -3.06. The average molecular weight is 458 g/mol. The average Bonchev–Trinajstić information content (AvgIpc) is 3.16. The number of benzene rings is 1. The number of amides is 1. The Morgan fingerprint density at radius 1 is 1.16 bits per heavy atom. The van der Waals surface area contributed by atoms with Gasteiger partial charge < -0.3 is 15.0 Å². The molecule has 1 aliphatic carbocycles. The van der Waals surface area contributed by atoms with E-state index in [1.54, 1.807) is 24.4 Å². The van der Waals surface area contributed by atoms with Crippen LogP contribution in [0.15, 0.2) is 41.4 Å². The maximum absolute atomic E-state index is 13.2. The summed E-state index contributed by atoms with van der Waals surface area (Å²) in [5.74, 6) is 5.91. The van der Waals surface area contributed by atoms with Gasteiger partial charge in [0.15, 0.2) is 6.23 Å². The zero-order valence-corrected chi connectivity index (χ0v) is 17.9. The molecule has 0 saturated heterocycles. The third-order valence-corrected chi connectivity index (χ3v) is 7.21. The van der Waals surface area contributed by atoms with E-state index in [-0.39, 0.29) is 16.8 Å². The van der Waals surface area contributed by atoms with Gasteiger partial charge >= 0.3 is 0 Å². The van der Waals surface area contributed by atoms with Gasteiger partial charge in [-0.3, -0.25) is 4.79 Å². The smallest absolute Gasteiger partial charge is 0.265 e. The van der Waals surface area contributed by atoms with Crippen LogP contribution in [-0.4, -0.2) is 39.0 Å². The van der Waals surface area contributed by atoms with Crippen LogP contribution in [0.1, 0.15) is 44.0 Å². The Morgan fingerprint density at radius 2 is 1.84 bits per heavy atom. The summed E-state index contributed by atoms with van der Waals surface area (Å²) in [6.45, 7) is 0. The third-order valence-electron chi connectivity index (χ3n) is 6.28. The van der Waals surface area contributed by atoms with Crippen LogP contribution >= 0.6 is 0 Å². The van der Waals surface area contributed by atoms with E-state index in [0.29, 0.717) is 35.3 Å². The van der Waals surface area contributed by atoms with Gasteiger partial charge in [0.05, 0.1) is 10.6 Å². The fraction of sp³-hybridized carbons (Fsp3) is 0.350. The number of rotatable bonds is 3. The topological polar surface area (TPSA) is 169 Å². The highest BCUT2D eigenvalue weighted by Gasteiger charge is 2.51. The first kappa shape index (κ1) is 20.8. The molecule has 6 N–H and O–H groups in total. The quantitative estimate of drug-likeness (QED) is 0.336. The first-order valence-electron chi connectivity index (χ1n) is 10.3. The van der Waals surface area contributed by atoms with Crippen LogP contribution in [0.4, 0.5) is 11.6 Å². The van der Waals surface area contributed by atoms with E-state index in [2.05, 4.69) is 15.3 Å². The first-order chi connectivity index (χ1) is 15.2. The molecule has 3 aromatic rings. The maximum Gasteiger partial charge on any atom is 0.265 e. The lowest BCUT2D eigenvalue weighted by molar-refractivity contribution is -0.161. The largest absolute Gasteiger partial charge is 0.367 e. The van der Waals surface area contributed by atoms with Crippen molar-refractivity contribution >= 4 is 38.6 Å². The summed E-state index contributed by atoms with van der Waals surface area (Å²) >= 11 is 0. The van der Waals surface area contributed by atoms with Gasteiger partial charge in [-0.05, 0) is 43.2 Å². The number of nitrogens with zero attached hydrogens (tertiary/aromatic N) is 4. The highest BCUT2D eigenvalue weighted by molar-refractivity contribution is 7.89. The number of hydrogen-bond donors (Lipinski definition) is 4. The molecule has 1 unspecified atom stereocenters. The van der Waals surface area contributed by atoms with E-state index in [9.17, 15) is 18.3 Å². The van der Waals surface area contributed by atoms with E-state index in [4.69, 9.17) is 11.0 Å². The lowest BCUT2D eigenvalue weighted by Gasteiger charge is -2.46. The van der Waals surface area contributed by atoms with Gasteiger partial charge in [0.1, 0.15) is 11.2 Å². The molecule has 1 aliphatic heterocycles. The maximum atomic E-state index is 13.2. The Labute approximate surface area is 184 Å². The highest BCUT2D eigenvalue weighted by atomic mass is 32.2. The summed E-state index contributed by atoms with van der Waals surface area (Å²) in [6, 6.07) is 7.65. The number of primary sulfonamides is 1. The van der Waals surface area contributed by atoms with E-state index >= 15 is 0 Å². The Kier molecular flexibility index (Phi) is 4.71. The van der Waals surface area contributed by atoms with Crippen molar-refractivity contribution in [1.82, 2.24) is 19.5 Å². The van der Waals surface area contributed by atoms with Crippen molar-refractivity contribution in [3.63, 3.8) is 0 Å². The Balaban J connectivity index is 1.59. The number of carbonyl (C=O) groups is 1. The number of nitrogens with two attached hydrogens (primary N) is 2. The first-order valence-corrected chi connectivity index (χ1v) is 11.8. The molecule has 1 fully saturated rings. The number of nitrogens with one attached hydrogen (secondary N) is 1. The number of aromatic nitrogens is 3. The second-order valence-corrected chi connectivity index (χ2v) is 9.81. The van der Waals surface area contributed by atoms with Crippen molar-refractivity contribution in [2.45, 2.75) is 48.8 Å². The van der Waals surface area contributed by atoms with Gasteiger partial charge in [-0.25, -0.2) is 29.4 Å². The number of sulfonamides is 1. The fourth-order valence-corrected chi connectivity index (χ4v) is 5.25. The summed E-state index contributed by atoms with van der Waals surface area (Å²) in [6.07, 6.45) is 4.36. The van der Waals surface area contributed by atoms with Crippen molar-refractivity contribution < 1.29 is 18.3 Å². The molecule has 0 radical (unpaired) electrons. The molecule has 0 bridgehead atoms. The molecular formula is C20H23N7O4S. The number of carbonyl (C=O) groups excluding carboxylic acids is 1. The normalized spacial score (nSPS) is 20.5. The minimum Gasteiger partial charge on any atom is -0.367 e. The molecular weight excluding hydrogens is 434 g/mol. The number of anilines is 2. The zero-order chi connectivity index (χ0) is 22.7. The minimum absolute atomic E-state index is 0.00170. The van der Waals surface area contributed by atoms with Crippen LogP contribution in [0.2, 0.25) is 0 Å². The summed E-state index contributed by atoms with van der Waals surface area (Å²) in [5, 5.41) is 20.4. The van der Waals surface area contributed by atoms with Crippen molar-refractivity contribution in [2.24, 2.45) is 11.0 Å². The van der Waals surface area contributed by atoms with Gasteiger partial charge in [-0.2, -0.15) is 4.98 Å². The second-order valence-electron chi connectivity index (χ2n) is 8.25. The molecule has 1 spiro atoms. The molecule has 5 rings (SSSR count). The number of fused-ring (bicyclic) bond motifs is 4. The molecule has 1 atom stereocenters. The van der Waals surface area contributed by atoms with Crippen molar-refractivity contribution in [1.29, 1.82) is 0 Å². The molecule has 1 aromatic carbocycles. The molecule has 32 heavy (non-hydrogen) atoms. The zero-order valence-electron chi connectivity index (χ0n) is 17.1. The molecule has 11 nitrogen and oxygen atoms in total. The molecule has 12 heteroatoms. The Bertz CT molecular complexity index is 1310. The molecule has 168 valence electrons. The monoisotopic (exact) mass is 457 g/mol. The van der Waals surface area contributed by atoms with Gasteiger partial charge in [0, 0.05) is 17.3 Å². The van der Waals surface area contributed by atoms with Crippen molar-refractivity contribution in [3.8, 4) is 0 Å². The number of hydrazine groups is 1. The van der Waals surface area contributed by atoms with Gasteiger partial charge in [-0.15, -0.1) is 0 Å². The molecule has 1 saturated carbocycles. The Morgan fingerprint density at radius 3 is 2.50 bits per heavy atom. The van der Waals surface area contributed by atoms with E-state index in [1.165, 1.54) is 12.1 Å². The SMILES string of the molecule is NN1C(=O)C2(CCCCC2)n2c(cc3cnc(Nc4ccc(S(N)(=O)=O)cc4)nc32)C1O. The predicted molar refractivity (Wildman–Crippen MR) is 116 cm³/mol. The van der Waals surface area contributed by atoms with Crippen LogP contribution in [0.25, 0.3) is 11.0 Å². The molecule has 2 aromatic heterocycles. The van der Waals surface area contributed by atoms with E-state index in [0.717, 1.165) is 24.3 Å². The number of aliphatic hydroxyl groups is 1. The van der Waals surface area contributed by atoms with Crippen LogP contribution in [0.5, 0.6) is 0 Å². The lowest BCUT2D eigenvalue weighted by Crippen LogP contribution is -2.59.